The molecule has 1 aromatic heterocycles. The predicted molar refractivity (Wildman–Crippen MR) is 109 cm³/mol. The molecule has 0 radical (unpaired) electrons. The minimum Gasteiger partial charge on any atom is -0.493 e. The van der Waals surface area contributed by atoms with Crippen LogP contribution in [-0.2, 0) is 6.54 Å². The van der Waals surface area contributed by atoms with Gasteiger partial charge in [0, 0.05) is 25.4 Å². The molecule has 1 unspecified atom stereocenters. The third-order valence-corrected chi connectivity index (χ3v) is 5.48. The quantitative estimate of drug-likeness (QED) is 0.360. The molecule has 0 spiro atoms. The fourth-order valence-corrected chi connectivity index (χ4v) is 3.86. The van der Waals surface area contributed by atoms with E-state index >= 15 is 0 Å². The van der Waals surface area contributed by atoms with Crippen molar-refractivity contribution in [2.24, 2.45) is 0 Å². The van der Waals surface area contributed by atoms with Gasteiger partial charge in [-0.05, 0) is 43.6 Å². The molecule has 2 aromatic rings. The van der Waals surface area contributed by atoms with Gasteiger partial charge in [0.25, 0.3) is 0 Å². The van der Waals surface area contributed by atoms with Crippen LogP contribution in [0.3, 0.4) is 0 Å². The second-order valence-corrected chi connectivity index (χ2v) is 7.91. The fourth-order valence-electron chi connectivity index (χ4n) is 3.17. The minimum absolute atomic E-state index is 0.262. The second-order valence-electron chi connectivity index (χ2n) is 6.79. The molecule has 1 atom stereocenters. The first kappa shape index (κ1) is 20.9. The molecule has 3 rings (SSSR count). The molecule has 1 aromatic carbocycles. The first-order valence-electron chi connectivity index (χ1n) is 9.64. The summed E-state index contributed by atoms with van der Waals surface area (Å²) < 4.78 is 11.3. The molecular weight excluding hydrogens is 378 g/mol. The van der Waals surface area contributed by atoms with Gasteiger partial charge in [-0.1, -0.05) is 6.07 Å². The van der Waals surface area contributed by atoms with Crippen molar-refractivity contribution in [3.63, 3.8) is 0 Å². The summed E-state index contributed by atoms with van der Waals surface area (Å²) in [5.41, 5.74) is 1.11. The predicted octanol–water partition coefficient (Wildman–Crippen LogP) is 1.53. The normalized spacial score (nSPS) is 15.6. The van der Waals surface area contributed by atoms with E-state index in [1.54, 1.807) is 25.1 Å². The summed E-state index contributed by atoms with van der Waals surface area (Å²) in [4.78, 5) is 2.28. The molecule has 0 bridgehead atoms. The minimum atomic E-state index is -0.502. The second kappa shape index (κ2) is 11.3. The number of thioether (sulfide) groups is 1. The van der Waals surface area contributed by atoms with E-state index in [0.717, 1.165) is 42.5 Å². The number of likely N-dealkylation sites (tertiary alicyclic amines) is 1. The molecule has 1 fully saturated rings. The largest absolute Gasteiger partial charge is 0.493 e. The summed E-state index contributed by atoms with van der Waals surface area (Å²) in [5, 5.41) is 25.0. The highest BCUT2D eigenvalue weighted by atomic mass is 32.2. The number of aromatic nitrogens is 3. The number of hydrogen-bond donors (Lipinski definition) is 3. The Morgan fingerprint density at radius 2 is 2.18 bits per heavy atom. The summed E-state index contributed by atoms with van der Waals surface area (Å²) in [7, 11) is 1.63. The topological polar surface area (TPSA) is 95.5 Å². The number of methoxy groups -OCH3 is 1. The summed E-state index contributed by atoms with van der Waals surface area (Å²) in [5.74, 6) is 2.26. The highest BCUT2D eigenvalue weighted by molar-refractivity contribution is 7.99. The van der Waals surface area contributed by atoms with Crippen molar-refractivity contribution in [2.45, 2.75) is 30.5 Å². The third kappa shape index (κ3) is 6.66. The van der Waals surface area contributed by atoms with E-state index in [1.165, 1.54) is 12.8 Å². The van der Waals surface area contributed by atoms with E-state index in [4.69, 9.17) is 9.47 Å². The number of hydrogen-bond acceptors (Lipinski definition) is 8. The van der Waals surface area contributed by atoms with Crippen molar-refractivity contribution >= 4 is 11.8 Å². The van der Waals surface area contributed by atoms with Crippen LogP contribution in [-0.4, -0.2) is 77.2 Å². The molecule has 1 aliphatic heterocycles. The van der Waals surface area contributed by atoms with Gasteiger partial charge >= 0.3 is 0 Å². The van der Waals surface area contributed by atoms with Crippen LogP contribution < -0.4 is 14.8 Å². The Bertz CT molecular complexity index is 695. The van der Waals surface area contributed by atoms with E-state index in [0.29, 0.717) is 18.0 Å². The lowest BCUT2D eigenvalue weighted by Gasteiger charge is -2.20. The number of aliphatic hydroxyl groups excluding tert-OH is 1. The Morgan fingerprint density at radius 3 is 2.93 bits per heavy atom. The molecule has 154 valence electrons. The van der Waals surface area contributed by atoms with Gasteiger partial charge < -0.3 is 24.8 Å². The maximum atomic E-state index is 10.2. The fraction of sp³-hybridized carbons (Fsp3) is 0.579. The molecule has 0 saturated carbocycles. The van der Waals surface area contributed by atoms with Crippen LogP contribution in [0, 0.1) is 0 Å². The van der Waals surface area contributed by atoms with Crippen molar-refractivity contribution in [3.05, 3.63) is 30.0 Å². The highest BCUT2D eigenvalue weighted by Crippen LogP contribution is 2.28. The molecular formula is C19H29N5O3S. The van der Waals surface area contributed by atoms with Gasteiger partial charge in [-0.25, -0.2) is 0 Å². The van der Waals surface area contributed by atoms with Crippen LogP contribution in [0.4, 0.5) is 0 Å². The average molecular weight is 408 g/mol. The molecule has 2 heterocycles. The Morgan fingerprint density at radius 1 is 1.32 bits per heavy atom. The Labute approximate surface area is 170 Å². The maximum Gasteiger partial charge on any atom is 0.161 e. The van der Waals surface area contributed by atoms with Crippen molar-refractivity contribution < 1.29 is 14.6 Å². The molecule has 9 heteroatoms. The van der Waals surface area contributed by atoms with Crippen LogP contribution in [0.15, 0.2) is 29.4 Å². The first-order chi connectivity index (χ1) is 13.7. The number of benzene rings is 1. The molecule has 0 aliphatic carbocycles. The van der Waals surface area contributed by atoms with Gasteiger partial charge in [-0.2, -0.15) is 10.3 Å². The zero-order valence-electron chi connectivity index (χ0n) is 16.3. The number of nitrogens with one attached hydrogen (secondary N) is 2. The first-order valence-corrected chi connectivity index (χ1v) is 10.6. The molecule has 1 aliphatic rings. The van der Waals surface area contributed by atoms with Crippen LogP contribution >= 0.6 is 11.8 Å². The van der Waals surface area contributed by atoms with Gasteiger partial charge in [-0.3, -0.25) is 0 Å². The van der Waals surface area contributed by atoms with Crippen LogP contribution in [0.5, 0.6) is 11.5 Å². The molecule has 3 N–H and O–H groups in total. The lowest BCUT2D eigenvalue weighted by molar-refractivity contribution is 0.0746. The Kier molecular flexibility index (Phi) is 8.41. The van der Waals surface area contributed by atoms with Crippen molar-refractivity contribution in [3.8, 4) is 11.5 Å². The van der Waals surface area contributed by atoms with Crippen molar-refractivity contribution in [1.82, 2.24) is 25.6 Å². The number of H-pyrrole nitrogens is 1. The number of aliphatic hydroxyl groups is 1. The summed E-state index contributed by atoms with van der Waals surface area (Å²) in [6.07, 6.45) is 3.65. The lowest BCUT2D eigenvalue weighted by atomic mass is 10.2. The Hall–Kier alpha value is -1.81. The number of nitrogens with zero attached hydrogens (tertiary/aromatic N) is 3. The summed E-state index contributed by atoms with van der Waals surface area (Å²) in [6, 6.07) is 5.90. The summed E-state index contributed by atoms with van der Waals surface area (Å²) >= 11 is 1.65. The van der Waals surface area contributed by atoms with Crippen LogP contribution in [0.1, 0.15) is 18.4 Å². The zero-order chi connectivity index (χ0) is 19.6. The van der Waals surface area contributed by atoms with Crippen molar-refractivity contribution in [2.75, 3.05) is 45.6 Å². The Balaban J connectivity index is 1.42. The van der Waals surface area contributed by atoms with Gasteiger partial charge in [0.2, 0.25) is 0 Å². The van der Waals surface area contributed by atoms with E-state index in [9.17, 15) is 5.11 Å². The van der Waals surface area contributed by atoms with E-state index in [2.05, 4.69) is 25.6 Å². The number of rotatable bonds is 12. The third-order valence-electron chi connectivity index (χ3n) is 4.58. The highest BCUT2D eigenvalue weighted by Gasteiger charge is 2.17. The molecule has 8 nitrogen and oxygen atoms in total. The van der Waals surface area contributed by atoms with E-state index in [1.807, 2.05) is 18.2 Å². The van der Waals surface area contributed by atoms with Crippen LogP contribution in [0.25, 0.3) is 0 Å². The van der Waals surface area contributed by atoms with Gasteiger partial charge in [0.15, 0.2) is 11.5 Å². The molecule has 0 amide bonds. The number of aromatic amines is 1. The van der Waals surface area contributed by atoms with E-state index < -0.39 is 6.10 Å². The zero-order valence-corrected chi connectivity index (χ0v) is 17.1. The number of β-amino-alcohol motifs (C(OH)–C–C–N with tert-alkyl or cyclic N) is 1. The summed E-state index contributed by atoms with van der Waals surface area (Å²) in [6.45, 7) is 4.64. The lowest BCUT2D eigenvalue weighted by Crippen LogP contribution is -2.33. The SMILES string of the molecule is COc1ccc(CNCCSc2cn[nH]n2)cc1OCC(O)CN1CCCC1. The average Bonchev–Trinajstić information content (AvgIpc) is 3.40. The monoisotopic (exact) mass is 407 g/mol. The van der Waals surface area contributed by atoms with Crippen molar-refractivity contribution in [1.29, 1.82) is 0 Å². The van der Waals surface area contributed by atoms with Gasteiger partial charge in [0.05, 0.1) is 13.3 Å². The smallest absolute Gasteiger partial charge is 0.161 e. The van der Waals surface area contributed by atoms with Gasteiger partial charge in [0.1, 0.15) is 17.7 Å². The molecule has 28 heavy (non-hydrogen) atoms. The molecule has 1 saturated heterocycles. The van der Waals surface area contributed by atoms with E-state index in [-0.39, 0.29) is 6.61 Å². The standard InChI is InChI=1S/C19H29N5O3S/c1-26-17-5-4-15(11-20-6-9-28-19-12-21-23-22-19)10-18(17)27-14-16(25)13-24-7-2-3-8-24/h4-5,10,12,16,20,25H,2-3,6-9,11,13-14H2,1H3,(H,21,22,23). The van der Waals surface area contributed by atoms with Gasteiger partial charge in [-0.15, -0.1) is 16.9 Å². The number of ether oxygens (including phenoxy) is 2. The van der Waals surface area contributed by atoms with Crippen LogP contribution in [0.2, 0.25) is 0 Å². The maximum absolute atomic E-state index is 10.2.